The summed E-state index contributed by atoms with van der Waals surface area (Å²) >= 11 is 0. The van der Waals surface area contributed by atoms with Gasteiger partial charge in [-0.1, -0.05) is 111 Å². The van der Waals surface area contributed by atoms with Gasteiger partial charge in [-0.3, -0.25) is 0 Å². The lowest BCUT2D eigenvalue weighted by Crippen LogP contribution is -2.48. The summed E-state index contributed by atoms with van der Waals surface area (Å²) in [4.78, 5) is 2.56. The number of anilines is 3. The first-order valence-electron chi connectivity index (χ1n) is 18.8. The van der Waals surface area contributed by atoms with Crippen molar-refractivity contribution in [1.29, 1.82) is 0 Å². The predicted octanol–water partition coefficient (Wildman–Crippen LogP) is 12.7. The third-order valence-corrected chi connectivity index (χ3v) is 13.9. The minimum absolute atomic E-state index is 0.0563. The lowest BCUT2D eigenvalue weighted by Gasteiger charge is -2.53. The van der Waals surface area contributed by atoms with E-state index in [9.17, 15) is 0 Å². The van der Waals surface area contributed by atoms with E-state index in [2.05, 4.69) is 146 Å². The molecule has 240 valence electrons. The number of benzene rings is 6. The Morgan fingerprint density at radius 1 is 0.449 bits per heavy atom. The molecule has 4 fully saturated rings. The minimum atomic E-state index is -0.0563. The zero-order chi connectivity index (χ0) is 32.5. The van der Waals surface area contributed by atoms with Gasteiger partial charge >= 0.3 is 0 Å². The molecule has 0 amide bonds. The van der Waals surface area contributed by atoms with Crippen LogP contribution in [0.1, 0.15) is 74.6 Å². The fraction of sp³-hybridized carbons (Fsp3) is 0.292. The maximum absolute atomic E-state index is 2.65. The first kappa shape index (κ1) is 28.2. The van der Waals surface area contributed by atoms with Gasteiger partial charge in [0.15, 0.2) is 0 Å². The van der Waals surface area contributed by atoms with Crippen molar-refractivity contribution in [3.63, 3.8) is 0 Å². The maximum Gasteiger partial charge on any atom is 0.0468 e. The van der Waals surface area contributed by atoms with Gasteiger partial charge in [-0.05, 0) is 147 Å². The normalized spacial score (nSPS) is 26.3. The highest BCUT2D eigenvalue weighted by molar-refractivity contribution is 5.92. The molecule has 0 N–H and O–H groups in total. The van der Waals surface area contributed by atoms with Gasteiger partial charge in [0, 0.05) is 27.9 Å². The minimum Gasteiger partial charge on any atom is -0.310 e. The fourth-order valence-electron chi connectivity index (χ4n) is 12.0. The topological polar surface area (TPSA) is 3.24 Å². The van der Waals surface area contributed by atoms with E-state index < -0.39 is 0 Å². The molecule has 4 saturated carbocycles. The molecule has 49 heavy (non-hydrogen) atoms. The van der Waals surface area contributed by atoms with Crippen LogP contribution in [-0.2, 0) is 10.8 Å². The monoisotopic (exact) mass is 633 g/mol. The molecular formula is C48H43N. The number of rotatable bonds is 3. The number of hydrogen-bond acceptors (Lipinski definition) is 1. The molecule has 1 heteroatoms. The first-order chi connectivity index (χ1) is 24.0. The van der Waals surface area contributed by atoms with E-state index in [0.717, 1.165) is 23.7 Å². The van der Waals surface area contributed by atoms with E-state index >= 15 is 0 Å². The average molecular weight is 634 g/mol. The molecular weight excluding hydrogens is 591 g/mol. The quantitative estimate of drug-likeness (QED) is 0.187. The van der Waals surface area contributed by atoms with E-state index in [-0.39, 0.29) is 10.8 Å². The van der Waals surface area contributed by atoms with E-state index in [1.165, 1.54) is 99.7 Å². The van der Waals surface area contributed by atoms with Crippen molar-refractivity contribution in [1.82, 2.24) is 0 Å². The third kappa shape index (κ3) is 3.77. The summed E-state index contributed by atoms with van der Waals surface area (Å²) < 4.78 is 0. The third-order valence-electron chi connectivity index (χ3n) is 13.9. The van der Waals surface area contributed by atoms with Crippen LogP contribution >= 0.6 is 0 Å². The Hall–Kier alpha value is -4.62. The fourth-order valence-corrected chi connectivity index (χ4v) is 12.0. The Morgan fingerprint density at radius 2 is 1.02 bits per heavy atom. The van der Waals surface area contributed by atoms with Crippen molar-refractivity contribution < 1.29 is 0 Å². The number of hydrogen-bond donors (Lipinski definition) is 0. The zero-order valence-corrected chi connectivity index (χ0v) is 28.6. The van der Waals surface area contributed by atoms with Crippen LogP contribution in [0.2, 0.25) is 0 Å². The van der Waals surface area contributed by atoms with Gasteiger partial charge in [0.25, 0.3) is 0 Å². The second-order valence-electron chi connectivity index (χ2n) is 16.6. The molecule has 6 aromatic rings. The molecule has 1 spiro atoms. The van der Waals surface area contributed by atoms with Crippen LogP contribution in [0.4, 0.5) is 17.1 Å². The van der Waals surface area contributed by atoms with Gasteiger partial charge in [-0.15, -0.1) is 0 Å². The average Bonchev–Trinajstić information content (AvgIpc) is 3.43. The van der Waals surface area contributed by atoms with E-state index in [0.29, 0.717) is 0 Å². The standard InChI is InChI=1S/C48H43N/c1-47(2)43-13-7-5-11-39(43)41-21-19-37(28-45(41)47)49(36-18-16-32-9-3-4-10-33(32)27-36)38-20-22-42-40-12-6-8-14-44(40)48(46(42)29-38)34-17-15-30-23-31(25-34)26-35(48)24-30/h3-14,16,18-22,27-31,34-35H,15,17,23-26H2,1-2H3. The molecule has 5 unspecified atom stereocenters. The molecule has 12 rings (SSSR count). The summed E-state index contributed by atoms with van der Waals surface area (Å²) in [5, 5.41) is 2.56. The highest BCUT2D eigenvalue weighted by Gasteiger charge is 2.59. The Morgan fingerprint density at radius 3 is 1.84 bits per heavy atom. The van der Waals surface area contributed by atoms with Crippen molar-refractivity contribution in [2.75, 3.05) is 4.90 Å². The molecule has 0 aromatic heterocycles. The van der Waals surface area contributed by atoms with Crippen LogP contribution in [-0.4, -0.2) is 0 Å². The Kier molecular flexibility index (Phi) is 5.75. The smallest absolute Gasteiger partial charge is 0.0468 e. The predicted molar refractivity (Wildman–Crippen MR) is 204 cm³/mol. The van der Waals surface area contributed by atoms with E-state index in [4.69, 9.17) is 0 Å². The Labute approximate surface area is 290 Å². The lowest BCUT2D eigenvalue weighted by atomic mass is 9.51. The molecule has 5 atom stereocenters. The van der Waals surface area contributed by atoms with Crippen molar-refractivity contribution >= 4 is 27.8 Å². The Bertz CT molecular complexity index is 2320. The summed E-state index contributed by atoms with van der Waals surface area (Å²) in [6.45, 7) is 4.79. The van der Waals surface area contributed by atoms with Gasteiger partial charge < -0.3 is 4.90 Å². The maximum atomic E-state index is 2.65. The number of nitrogens with zero attached hydrogens (tertiary/aromatic N) is 1. The number of fused-ring (bicyclic) bond motifs is 8. The molecule has 4 bridgehead atoms. The van der Waals surface area contributed by atoms with Crippen molar-refractivity contribution in [3.8, 4) is 22.3 Å². The SMILES string of the molecule is CC1(C)c2ccccc2-c2ccc(N(c3ccc4c(c3)C3(c5ccccc5-4)C4CCC5CC(C4)CC3C5)c3ccc4ccccc4c3)cc21. The van der Waals surface area contributed by atoms with Crippen molar-refractivity contribution in [3.05, 3.63) is 150 Å². The second kappa shape index (κ2) is 9.97. The van der Waals surface area contributed by atoms with Gasteiger partial charge in [0.05, 0.1) is 0 Å². The largest absolute Gasteiger partial charge is 0.310 e. The lowest BCUT2D eigenvalue weighted by molar-refractivity contribution is 0.0618. The van der Waals surface area contributed by atoms with Gasteiger partial charge in [0.2, 0.25) is 0 Å². The highest BCUT2D eigenvalue weighted by Crippen LogP contribution is 2.68. The molecule has 1 nitrogen and oxygen atoms in total. The second-order valence-corrected chi connectivity index (χ2v) is 16.6. The van der Waals surface area contributed by atoms with Gasteiger partial charge in [-0.25, -0.2) is 0 Å². The van der Waals surface area contributed by atoms with E-state index in [1.807, 2.05) is 0 Å². The van der Waals surface area contributed by atoms with Crippen molar-refractivity contribution in [2.45, 2.75) is 63.2 Å². The van der Waals surface area contributed by atoms with E-state index in [1.54, 1.807) is 11.1 Å². The first-order valence-corrected chi connectivity index (χ1v) is 18.8. The summed E-state index contributed by atoms with van der Waals surface area (Å²) in [6, 6.07) is 49.2. The Balaban J connectivity index is 1.14. The van der Waals surface area contributed by atoms with Crippen LogP contribution in [0.25, 0.3) is 33.0 Å². The van der Waals surface area contributed by atoms with Crippen LogP contribution < -0.4 is 4.90 Å². The van der Waals surface area contributed by atoms with Gasteiger partial charge in [0.1, 0.15) is 0 Å². The molecule has 6 aromatic carbocycles. The highest BCUT2D eigenvalue weighted by atomic mass is 15.1. The van der Waals surface area contributed by atoms with Crippen LogP contribution in [0.15, 0.2) is 127 Å². The summed E-state index contributed by atoms with van der Waals surface area (Å²) in [5.74, 6) is 3.31. The van der Waals surface area contributed by atoms with Crippen molar-refractivity contribution in [2.24, 2.45) is 23.7 Å². The molecule has 0 saturated heterocycles. The van der Waals surface area contributed by atoms with Crippen LogP contribution in [0.5, 0.6) is 0 Å². The molecule has 0 radical (unpaired) electrons. The summed E-state index contributed by atoms with van der Waals surface area (Å²) in [7, 11) is 0. The molecule has 0 aliphatic heterocycles. The van der Waals surface area contributed by atoms with Crippen LogP contribution in [0, 0.1) is 23.7 Å². The molecule has 6 aliphatic carbocycles. The summed E-state index contributed by atoms with van der Waals surface area (Å²) in [6.07, 6.45) is 8.49. The van der Waals surface area contributed by atoms with Gasteiger partial charge in [-0.2, -0.15) is 0 Å². The molecule has 6 aliphatic rings. The van der Waals surface area contributed by atoms with Crippen LogP contribution in [0.3, 0.4) is 0 Å². The summed E-state index contributed by atoms with van der Waals surface area (Å²) in [5.41, 5.74) is 15.6. The zero-order valence-electron chi connectivity index (χ0n) is 28.6. The molecule has 0 heterocycles.